The number of nitrogens with zero attached hydrogens (tertiary/aromatic N) is 1. The summed E-state index contributed by atoms with van der Waals surface area (Å²) >= 11 is 0. The van der Waals surface area contributed by atoms with Crippen LogP contribution in [-0.2, 0) is 10.9 Å². The quantitative estimate of drug-likeness (QED) is 0.519. The van der Waals surface area contributed by atoms with Crippen molar-refractivity contribution in [3.05, 3.63) is 65.2 Å². The average molecular weight is 490 g/mol. The lowest BCUT2D eigenvalue weighted by atomic mass is 9.73. The van der Waals surface area contributed by atoms with Crippen LogP contribution in [0.5, 0.6) is 0 Å². The number of amides is 1. The molecule has 1 saturated heterocycles. The van der Waals surface area contributed by atoms with Crippen LogP contribution in [0.2, 0.25) is 0 Å². The number of ether oxygens (including phenoxy) is 1. The standard InChI is InChI=1S/C27H34F3N3O2/c1-18(17-35-26(34)33-14-12-31-13-15-33)8-10-22-19(2)23-16-21(27(28,29)30)9-11-24(23)32-25(22)20-6-4-3-5-7-20/h3-7,9,11,16,18-19,22,25,31-32H,8,10,12-15,17H2,1-2H3/t18-,19+,22-,25+/m1/s1. The Labute approximate surface area is 205 Å². The monoisotopic (exact) mass is 489 g/mol. The van der Waals surface area contributed by atoms with Crippen LogP contribution in [-0.4, -0.2) is 43.8 Å². The third kappa shape index (κ3) is 6.10. The molecule has 190 valence electrons. The third-order valence-corrected chi connectivity index (χ3v) is 7.27. The van der Waals surface area contributed by atoms with Gasteiger partial charge in [0, 0.05) is 31.9 Å². The summed E-state index contributed by atoms with van der Waals surface area (Å²) in [7, 11) is 0. The predicted molar refractivity (Wildman–Crippen MR) is 130 cm³/mol. The van der Waals surface area contributed by atoms with Gasteiger partial charge in [-0.1, -0.05) is 44.2 Å². The van der Waals surface area contributed by atoms with Crippen molar-refractivity contribution in [2.45, 2.75) is 44.8 Å². The number of fused-ring (bicyclic) bond motifs is 1. The van der Waals surface area contributed by atoms with Crippen LogP contribution in [0.15, 0.2) is 48.5 Å². The van der Waals surface area contributed by atoms with Gasteiger partial charge in [-0.2, -0.15) is 13.2 Å². The number of carbonyl (C=O) groups excluding carboxylic acids is 1. The molecule has 4 atom stereocenters. The Bertz CT molecular complexity index is 993. The Morgan fingerprint density at radius 2 is 1.86 bits per heavy atom. The van der Waals surface area contributed by atoms with Gasteiger partial charge in [0.1, 0.15) is 0 Å². The number of hydrogen-bond donors (Lipinski definition) is 2. The van der Waals surface area contributed by atoms with Crippen LogP contribution in [0.3, 0.4) is 0 Å². The van der Waals surface area contributed by atoms with Crippen LogP contribution in [0.1, 0.15) is 55.3 Å². The zero-order valence-electron chi connectivity index (χ0n) is 20.3. The number of halogens is 3. The molecule has 1 amide bonds. The summed E-state index contributed by atoms with van der Waals surface area (Å²) < 4.78 is 45.7. The van der Waals surface area contributed by atoms with E-state index in [1.165, 1.54) is 6.07 Å². The molecule has 0 radical (unpaired) electrons. The molecule has 0 spiro atoms. The summed E-state index contributed by atoms with van der Waals surface area (Å²) in [6.45, 7) is 7.26. The summed E-state index contributed by atoms with van der Waals surface area (Å²) in [5, 5.41) is 6.74. The molecule has 2 aromatic carbocycles. The number of alkyl halides is 3. The number of benzene rings is 2. The molecule has 2 aliphatic heterocycles. The highest BCUT2D eigenvalue weighted by molar-refractivity contribution is 5.67. The van der Waals surface area contributed by atoms with Crippen LogP contribution in [0, 0.1) is 11.8 Å². The Morgan fingerprint density at radius 1 is 1.14 bits per heavy atom. The van der Waals surface area contributed by atoms with E-state index >= 15 is 0 Å². The minimum atomic E-state index is -4.37. The van der Waals surface area contributed by atoms with Crippen LogP contribution < -0.4 is 10.6 Å². The number of carbonyl (C=O) groups is 1. The van der Waals surface area contributed by atoms with Gasteiger partial charge < -0.3 is 20.3 Å². The molecule has 2 N–H and O–H groups in total. The second kappa shape index (κ2) is 10.9. The Kier molecular flexibility index (Phi) is 7.89. The first-order chi connectivity index (χ1) is 16.7. The second-order valence-corrected chi connectivity index (χ2v) is 9.78. The van der Waals surface area contributed by atoms with Crippen LogP contribution in [0.4, 0.5) is 23.7 Å². The average Bonchev–Trinajstić information content (AvgIpc) is 2.86. The third-order valence-electron chi connectivity index (χ3n) is 7.27. The van der Waals surface area contributed by atoms with Gasteiger partial charge in [-0.25, -0.2) is 4.79 Å². The van der Waals surface area contributed by atoms with Crippen LogP contribution >= 0.6 is 0 Å². The molecule has 4 rings (SSSR count). The first-order valence-electron chi connectivity index (χ1n) is 12.4. The van der Waals surface area contributed by atoms with E-state index in [-0.39, 0.29) is 29.9 Å². The number of nitrogens with one attached hydrogen (secondary N) is 2. The Hall–Kier alpha value is -2.74. The summed E-state index contributed by atoms with van der Waals surface area (Å²) in [6.07, 6.45) is -3.04. The van der Waals surface area contributed by atoms with Gasteiger partial charge in [0.05, 0.1) is 18.2 Å². The molecule has 0 bridgehead atoms. The van der Waals surface area contributed by atoms with Gasteiger partial charge in [-0.05, 0) is 59.9 Å². The molecule has 0 aromatic heterocycles. The maximum Gasteiger partial charge on any atom is 0.416 e. The highest BCUT2D eigenvalue weighted by Gasteiger charge is 2.37. The molecule has 2 heterocycles. The molecule has 0 saturated carbocycles. The minimum Gasteiger partial charge on any atom is -0.449 e. The topological polar surface area (TPSA) is 53.6 Å². The molecule has 2 aliphatic rings. The predicted octanol–water partition coefficient (Wildman–Crippen LogP) is 6.05. The molecule has 0 aliphatic carbocycles. The highest BCUT2D eigenvalue weighted by atomic mass is 19.4. The largest absolute Gasteiger partial charge is 0.449 e. The fourth-order valence-corrected chi connectivity index (χ4v) is 5.16. The second-order valence-electron chi connectivity index (χ2n) is 9.78. The number of rotatable bonds is 6. The maximum atomic E-state index is 13.4. The Morgan fingerprint density at radius 3 is 2.54 bits per heavy atom. The van der Waals surface area contributed by atoms with E-state index in [4.69, 9.17) is 4.74 Å². The van der Waals surface area contributed by atoms with E-state index in [1.807, 2.05) is 25.1 Å². The zero-order chi connectivity index (χ0) is 25.0. The van der Waals surface area contributed by atoms with Gasteiger partial charge >= 0.3 is 12.3 Å². The van der Waals surface area contributed by atoms with Crippen LogP contribution in [0.25, 0.3) is 0 Å². The summed E-state index contributed by atoms with van der Waals surface area (Å²) in [6, 6.07) is 14.0. The molecule has 8 heteroatoms. The lowest BCUT2D eigenvalue weighted by Gasteiger charge is -2.40. The molecular formula is C27H34F3N3O2. The normalized spacial score (nSPS) is 23.2. The summed E-state index contributed by atoms with van der Waals surface area (Å²) in [5.74, 6) is 0.183. The molecule has 1 fully saturated rings. The van der Waals surface area contributed by atoms with Crippen molar-refractivity contribution in [1.29, 1.82) is 0 Å². The zero-order valence-corrected chi connectivity index (χ0v) is 20.3. The van der Waals surface area contributed by atoms with Crippen molar-refractivity contribution in [2.75, 3.05) is 38.1 Å². The van der Waals surface area contributed by atoms with E-state index < -0.39 is 11.7 Å². The van der Waals surface area contributed by atoms with Crippen molar-refractivity contribution in [1.82, 2.24) is 10.2 Å². The van der Waals surface area contributed by atoms with Crippen molar-refractivity contribution < 1.29 is 22.7 Å². The van der Waals surface area contributed by atoms with Crippen molar-refractivity contribution >= 4 is 11.8 Å². The minimum absolute atomic E-state index is 0.00830. The molecule has 5 nitrogen and oxygen atoms in total. The van der Waals surface area contributed by atoms with Gasteiger partial charge in [0.25, 0.3) is 0 Å². The summed E-state index contributed by atoms with van der Waals surface area (Å²) in [4.78, 5) is 14.0. The lowest BCUT2D eigenvalue weighted by Crippen LogP contribution is -2.46. The molecule has 2 aromatic rings. The van der Waals surface area contributed by atoms with Crippen molar-refractivity contribution in [3.8, 4) is 0 Å². The number of hydrogen-bond acceptors (Lipinski definition) is 4. The van der Waals surface area contributed by atoms with E-state index in [0.717, 1.165) is 43.2 Å². The lowest BCUT2D eigenvalue weighted by molar-refractivity contribution is -0.137. The van der Waals surface area contributed by atoms with E-state index in [9.17, 15) is 18.0 Å². The molecule has 35 heavy (non-hydrogen) atoms. The molecule has 0 unspecified atom stereocenters. The van der Waals surface area contributed by atoms with E-state index in [1.54, 1.807) is 11.0 Å². The highest BCUT2D eigenvalue weighted by Crippen LogP contribution is 2.48. The fraction of sp³-hybridized carbons (Fsp3) is 0.519. The fourth-order valence-electron chi connectivity index (χ4n) is 5.16. The van der Waals surface area contributed by atoms with Gasteiger partial charge in [-0.3, -0.25) is 0 Å². The van der Waals surface area contributed by atoms with Crippen molar-refractivity contribution in [2.24, 2.45) is 11.8 Å². The van der Waals surface area contributed by atoms with Gasteiger partial charge in [0.2, 0.25) is 0 Å². The van der Waals surface area contributed by atoms with Gasteiger partial charge in [-0.15, -0.1) is 0 Å². The summed E-state index contributed by atoms with van der Waals surface area (Å²) in [5.41, 5.74) is 1.96. The van der Waals surface area contributed by atoms with E-state index in [0.29, 0.717) is 25.3 Å². The van der Waals surface area contributed by atoms with Crippen molar-refractivity contribution in [3.63, 3.8) is 0 Å². The maximum absolute atomic E-state index is 13.4. The smallest absolute Gasteiger partial charge is 0.416 e. The number of piperazine rings is 1. The first kappa shape index (κ1) is 25.4. The Balaban J connectivity index is 1.46. The molecular weight excluding hydrogens is 455 g/mol. The first-order valence-corrected chi connectivity index (χ1v) is 12.4. The SMILES string of the molecule is C[C@H](CC[C@@H]1[C@H](C)c2cc(C(F)(F)F)ccc2N[C@H]1c1ccccc1)COC(=O)N1CCNCC1. The van der Waals surface area contributed by atoms with Gasteiger partial charge in [0.15, 0.2) is 0 Å². The van der Waals surface area contributed by atoms with E-state index in [2.05, 4.69) is 29.7 Å². The number of anilines is 1.